The monoisotopic (exact) mass is 518 g/mol. The molecule has 2 aromatic carbocycles. The molecule has 2 atom stereocenters. The molecule has 3 aliphatic rings. The number of hydrogen-bond acceptors (Lipinski definition) is 6. The first kappa shape index (κ1) is 24.9. The van der Waals surface area contributed by atoms with Crippen molar-refractivity contribution in [2.45, 2.75) is 31.1 Å². The molecule has 9 nitrogen and oxygen atoms in total. The minimum absolute atomic E-state index is 0.0678. The third-order valence-corrected chi connectivity index (χ3v) is 6.54. The van der Waals surface area contributed by atoms with E-state index in [9.17, 15) is 22.8 Å². The first-order valence-corrected chi connectivity index (χ1v) is 11.7. The number of halogens is 3. The second kappa shape index (κ2) is 9.92. The molecule has 0 saturated carbocycles. The van der Waals surface area contributed by atoms with Crippen LogP contribution < -0.4 is 14.4 Å². The summed E-state index contributed by atoms with van der Waals surface area (Å²) in [7, 11) is 3.10. The molecule has 37 heavy (non-hydrogen) atoms. The Morgan fingerprint density at radius 1 is 1.14 bits per heavy atom. The summed E-state index contributed by atoms with van der Waals surface area (Å²) < 4.78 is 58.6. The average molecular weight is 518 g/mol. The summed E-state index contributed by atoms with van der Waals surface area (Å²) in [6, 6.07) is 4.62. The largest absolute Gasteiger partial charge is 0.484 e. The average Bonchev–Trinajstić information content (AvgIpc) is 3.32. The van der Waals surface area contributed by atoms with Gasteiger partial charge in [-0.05, 0) is 17.7 Å². The number of hydrogen-bond donors (Lipinski definition) is 0. The molecule has 0 aliphatic carbocycles. The van der Waals surface area contributed by atoms with E-state index in [1.54, 1.807) is 7.05 Å². The van der Waals surface area contributed by atoms with Crippen molar-refractivity contribution in [1.82, 2.24) is 9.91 Å². The molecule has 3 heterocycles. The highest BCUT2D eigenvalue weighted by atomic mass is 19.1. The molecule has 0 N–H and O–H groups in total. The number of carbonyl (C=O) groups is 2. The molecule has 2 aromatic rings. The van der Waals surface area contributed by atoms with E-state index in [0.29, 0.717) is 30.7 Å². The van der Waals surface area contributed by atoms with Gasteiger partial charge in [0.05, 0.1) is 31.4 Å². The van der Waals surface area contributed by atoms with Crippen LogP contribution in [0.25, 0.3) is 0 Å². The van der Waals surface area contributed by atoms with E-state index in [1.807, 2.05) is 0 Å². The minimum Gasteiger partial charge on any atom is -0.484 e. The second-order valence-corrected chi connectivity index (χ2v) is 9.06. The number of likely N-dealkylation sites (N-methyl/N-ethyl adjacent to an activating group) is 1. The molecule has 5 rings (SSSR count). The van der Waals surface area contributed by atoms with Gasteiger partial charge in [0.25, 0.3) is 5.91 Å². The lowest BCUT2D eigenvalue weighted by Gasteiger charge is -2.41. The normalized spacial score (nSPS) is 21.1. The molecular weight excluding hydrogens is 493 g/mol. The van der Waals surface area contributed by atoms with Crippen molar-refractivity contribution in [3.8, 4) is 11.5 Å². The molecular formula is C25H25F3N4O5. The van der Waals surface area contributed by atoms with Crippen LogP contribution in [0.2, 0.25) is 0 Å². The number of fused-ring (bicyclic) bond motifs is 1. The van der Waals surface area contributed by atoms with Crippen LogP contribution in [0.3, 0.4) is 0 Å². The van der Waals surface area contributed by atoms with E-state index in [1.165, 1.54) is 52.4 Å². The van der Waals surface area contributed by atoms with E-state index in [0.717, 1.165) is 6.07 Å². The molecule has 1 saturated heterocycles. The summed E-state index contributed by atoms with van der Waals surface area (Å²) in [5.41, 5.74) is 0.678. The van der Waals surface area contributed by atoms with Crippen molar-refractivity contribution < 1.29 is 37.0 Å². The van der Waals surface area contributed by atoms with Gasteiger partial charge in [0.1, 0.15) is 23.5 Å². The molecule has 12 heteroatoms. The lowest BCUT2D eigenvalue weighted by molar-refractivity contribution is -0.126. The van der Waals surface area contributed by atoms with Gasteiger partial charge in [-0.3, -0.25) is 4.79 Å². The topological polar surface area (TPSA) is 83.9 Å². The van der Waals surface area contributed by atoms with E-state index in [2.05, 4.69) is 5.10 Å². The number of rotatable bonds is 6. The quantitative estimate of drug-likeness (QED) is 0.585. The van der Waals surface area contributed by atoms with Crippen LogP contribution in [0.4, 0.5) is 23.7 Å². The fourth-order valence-electron chi connectivity index (χ4n) is 4.55. The van der Waals surface area contributed by atoms with E-state index in [4.69, 9.17) is 14.2 Å². The first-order valence-electron chi connectivity index (χ1n) is 11.7. The number of urea groups is 1. The van der Waals surface area contributed by atoms with Gasteiger partial charge in [-0.2, -0.15) is 5.10 Å². The molecule has 196 valence electrons. The van der Waals surface area contributed by atoms with Crippen LogP contribution in [0.15, 0.2) is 35.4 Å². The van der Waals surface area contributed by atoms with E-state index >= 15 is 0 Å². The smallest absolute Gasteiger partial charge is 0.341 e. The van der Waals surface area contributed by atoms with Gasteiger partial charge in [0.15, 0.2) is 17.7 Å². The highest BCUT2D eigenvalue weighted by molar-refractivity contribution is 5.99. The Morgan fingerprint density at radius 3 is 2.57 bits per heavy atom. The lowest BCUT2D eigenvalue weighted by Crippen LogP contribution is -2.58. The van der Waals surface area contributed by atoms with Crippen molar-refractivity contribution in [1.29, 1.82) is 0 Å². The lowest BCUT2D eigenvalue weighted by atomic mass is 10.0. The number of likely N-dealkylation sites (tertiary alicyclic amines) is 1. The Labute approximate surface area is 211 Å². The zero-order valence-electron chi connectivity index (χ0n) is 20.2. The van der Waals surface area contributed by atoms with Gasteiger partial charge in [-0.1, -0.05) is 0 Å². The summed E-state index contributed by atoms with van der Waals surface area (Å²) in [4.78, 5) is 28.4. The zero-order valence-corrected chi connectivity index (χ0v) is 20.2. The predicted octanol–water partition coefficient (Wildman–Crippen LogP) is 3.48. The summed E-state index contributed by atoms with van der Waals surface area (Å²) in [5.74, 6) is -2.24. The van der Waals surface area contributed by atoms with Crippen LogP contribution in [-0.4, -0.2) is 74.1 Å². The summed E-state index contributed by atoms with van der Waals surface area (Å²) >= 11 is 0. The number of methoxy groups -OCH3 is 1. The van der Waals surface area contributed by atoms with Crippen molar-refractivity contribution in [2.24, 2.45) is 5.10 Å². The van der Waals surface area contributed by atoms with Gasteiger partial charge in [-0.25, -0.2) is 23.0 Å². The number of carbonyl (C=O) groups excluding carboxylic acids is 2. The van der Waals surface area contributed by atoms with Gasteiger partial charge in [-0.15, -0.1) is 0 Å². The highest BCUT2D eigenvalue weighted by Crippen LogP contribution is 2.39. The maximum atomic E-state index is 14.8. The van der Waals surface area contributed by atoms with Crippen LogP contribution in [0.5, 0.6) is 11.5 Å². The summed E-state index contributed by atoms with van der Waals surface area (Å²) in [5, 5.41) is 5.26. The first-order chi connectivity index (χ1) is 17.7. The summed E-state index contributed by atoms with van der Waals surface area (Å²) in [6.07, 6.45) is 0.912. The molecule has 3 aliphatic heterocycles. The SMILES string of the molecule is COCCC1Oc2cc(F)c(OC3CN(C(=O)N4N=CC[C@H]4c4cc(F)cc(F)c4)C3)cc2N(C)C1=O. The number of ether oxygens (including phenoxy) is 3. The number of benzene rings is 2. The van der Waals surface area contributed by atoms with Crippen molar-refractivity contribution >= 4 is 23.8 Å². The van der Waals surface area contributed by atoms with E-state index in [-0.39, 0.29) is 30.5 Å². The maximum absolute atomic E-state index is 14.8. The Bertz CT molecular complexity index is 1230. The highest BCUT2D eigenvalue weighted by Gasteiger charge is 2.40. The van der Waals surface area contributed by atoms with E-state index < -0.39 is 41.7 Å². The fraction of sp³-hybridized carbons (Fsp3) is 0.400. The fourth-order valence-corrected chi connectivity index (χ4v) is 4.55. The molecule has 0 bridgehead atoms. The standard InChI is InChI=1S/C25H25F3N4O5/c1-30-20-11-22(18(28)10-23(20)37-21(24(30)33)4-6-35-2)36-17-12-31(13-17)25(34)32-19(3-5-29-32)14-7-15(26)9-16(27)8-14/h5,7-11,17,19,21H,3-4,6,12-13H2,1-2H3/t19-,21?/m0/s1. The van der Waals surface area contributed by atoms with Crippen LogP contribution in [-0.2, 0) is 9.53 Å². The van der Waals surface area contributed by atoms with Crippen molar-refractivity contribution in [3.63, 3.8) is 0 Å². The molecule has 3 amide bonds. The Balaban J connectivity index is 1.22. The molecule has 1 fully saturated rings. The zero-order chi connectivity index (χ0) is 26.3. The van der Waals surface area contributed by atoms with Crippen LogP contribution >= 0.6 is 0 Å². The second-order valence-electron chi connectivity index (χ2n) is 9.06. The summed E-state index contributed by atoms with van der Waals surface area (Å²) in [6.45, 7) is 0.648. The number of hydrazone groups is 1. The molecule has 0 spiro atoms. The minimum atomic E-state index is -0.768. The third-order valence-electron chi connectivity index (χ3n) is 6.54. The Kier molecular flexibility index (Phi) is 6.67. The predicted molar refractivity (Wildman–Crippen MR) is 126 cm³/mol. The maximum Gasteiger partial charge on any atom is 0.341 e. The molecule has 0 aromatic heterocycles. The molecule has 0 radical (unpaired) electrons. The van der Waals surface area contributed by atoms with Gasteiger partial charge < -0.3 is 24.0 Å². The number of nitrogens with zero attached hydrogens (tertiary/aromatic N) is 4. The van der Waals surface area contributed by atoms with Gasteiger partial charge in [0, 0.05) is 51.4 Å². The van der Waals surface area contributed by atoms with Crippen LogP contribution in [0.1, 0.15) is 24.4 Å². The number of amides is 3. The third kappa shape index (κ3) is 4.80. The Hall–Kier alpha value is -3.80. The Morgan fingerprint density at radius 2 is 1.86 bits per heavy atom. The van der Waals surface area contributed by atoms with Gasteiger partial charge >= 0.3 is 6.03 Å². The van der Waals surface area contributed by atoms with Gasteiger partial charge in [0.2, 0.25) is 0 Å². The number of anilines is 1. The van der Waals surface area contributed by atoms with Crippen LogP contribution in [0, 0.1) is 17.5 Å². The molecule has 1 unspecified atom stereocenters. The van der Waals surface area contributed by atoms with Crippen molar-refractivity contribution in [3.05, 3.63) is 53.3 Å². The van der Waals surface area contributed by atoms with Crippen molar-refractivity contribution in [2.75, 3.05) is 38.8 Å².